The molecule has 3 aromatic rings. The molecule has 28 heavy (non-hydrogen) atoms. The number of carbonyl (C=O) groups is 1. The van der Waals surface area contributed by atoms with Crippen LogP contribution in [0.3, 0.4) is 0 Å². The van der Waals surface area contributed by atoms with Crippen LogP contribution >= 0.6 is 0 Å². The quantitative estimate of drug-likeness (QED) is 0.436. The molecule has 1 aromatic heterocycles. The zero-order valence-corrected chi connectivity index (χ0v) is 15.9. The van der Waals surface area contributed by atoms with Crippen molar-refractivity contribution in [2.45, 2.75) is 11.5 Å². The minimum atomic E-state index is -3.88. The van der Waals surface area contributed by atoms with Crippen molar-refractivity contribution in [1.29, 1.82) is 0 Å². The molecule has 0 N–H and O–H groups in total. The largest absolute Gasteiger partial charge is 0.452 e. The maximum absolute atomic E-state index is 12.3. The lowest BCUT2D eigenvalue weighted by Gasteiger charge is -2.14. The smallest absolute Gasteiger partial charge is 0.338 e. The lowest BCUT2D eigenvalue weighted by molar-refractivity contribution is -0.0258. The van der Waals surface area contributed by atoms with Crippen LogP contribution in [-0.2, 0) is 26.2 Å². The predicted molar refractivity (Wildman–Crippen MR) is 97.3 cm³/mol. The average Bonchev–Trinajstić information content (AvgIpc) is 3.21. The van der Waals surface area contributed by atoms with Gasteiger partial charge in [0.2, 0.25) is 5.82 Å². The Morgan fingerprint density at radius 3 is 2.61 bits per heavy atom. The third-order valence-electron chi connectivity index (χ3n) is 3.79. The SMILES string of the molecule is CON(C)S(=O)(=O)c1cccc(C(=O)OCc2nc(-c3ccccc3)no2)c1. The molecule has 2 aromatic carbocycles. The molecule has 0 radical (unpaired) electrons. The Hall–Kier alpha value is -3.08. The van der Waals surface area contributed by atoms with E-state index in [2.05, 4.69) is 10.1 Å². The number of esters is 1. The van der Waals surface area contributed by atoms with Crippen molar-refractivity contribution in [3.63, 3.8) is 0 Å². The molecule has 1 heterocycles. The van der Waals surface area contributed by atoms with Crippen LogP contribution in [0.15, 0.2) is 64.0 Å². The second-order valence-electron chi connectivity index (χ2n) is 5.58. The number of hydroxylamine groups is 1. The Balaban J connectivity index is 1.69. The number of hydrogen-bond donors (Lipinski definition) is 0. The second kappa shape index (κ2) is 8.30. The highest BCUT2D eigenvalue weighted by atomic mass is 32.2. The van der Waals surface area contributed by atoms with E-state index in [0.717, 1.165) is 5.56 Å². The van der Waals surface area contributed by atoms with Crippen LogP contribution in [0.5, 0.6) is 0 Å². The molecule has 0 bridgehead atoms. The van der Waals surface area contributed by atoms with Crippen molar-refractivity contribution in [2.24, 2.45) is 0 Å². The number of sulfonamides is 1. The Kier molecular flexibility index (Phi) is 5.83. The minimum Gasteiger partial charge on any atom is -0.452 e. The van der Waals surface area contributed by atoms with Gasteiger partial charge in [-0.1, -0.05) is 46.0 Å². The number of hydrogen-bond acceptors (Lipinski definition) is 8. The van der Waals surface area contributed by atoms with Crippen molar-refractivity contribution < 1.29 is 27.3 Å². The Morgan fingerprint density at radius 2 is 1.89 bits per heavy atom. The Morgan fingerprint density at radius 1 is 1.14 bits per heavy atom. The molecule has 0 spiro atoms. The number of benzene rings is 2. The second-order valence-corrected chi connectivity index (χ2v) is 7.51. The summed E-state index contributed by atoms with van der Waals surface area (Å²) in [6.45, 7) is -0.242. The van der Waals surface area contributed by atoms with E-state index < -0.39 is 16.0 Å². The van der Waals surface area contributed by atoms with Gasteiger partial charge in [0, 0.05) is 12.6 Å². The maximum Gasteiger partial charge on any atom is 0.338 e. The van der Waals surface area contributed by atoms with Gasteiger partial charge in [-0.3, -0.25) is 4.84 Å². The van der Waals surface area contributed by atoms with Crippen molar-refractivity contribution in [2.75, 3.05) is 14.2 Å². The van der Waals surface area contributed by atoms with Crippen molar-refractivity contribution in [3.05, 3.63) is 66.1 Å². The van der Waals surface area contributed by atoms with Gasteiger partial charge in [0.1, 0.15) is 0 Å². The number of nitrogens with zero attached hydrogens (tertiary/aromatic N) is 3. The Bertz CT molecular complexity index is 1070. The fourth-order valence-corrected chi connectivity index (χ4v) is 3.28. The normalized spacial score (nSPS) is 11.5. The molecular weight excluding hydrogens is 386 g/mol. The topological polar surface area (TPSA) is 112 Å². The molecule has 10 heteroatoms. The minimum absolute atomic E-state index is 0.0633. The van der Waals surface area contributed by atoms with Gasteiger partial charge in [-0.25, -0.2) is 13.2 Å². The van der Waals surface area contributed by atoms with Gasteiger partial charge >= 0.3 is 5.97 Å². The zero-order chi connectivity index (χ0) is 20.1. The average molecular weight is 403 g/mol. The first kappa shape index (κ1) is 19.7. The highest BCUT2D eigenvalue weighted by Crippen LogP contribution is 2.18. The van der Waals surface area contributed by atoms with E-state index in [1.54, 1.807) is 0 Å². The van der Waals surface area contributed by atoms with E-state index in [-0.39, 0.29) is 23.0 Å². The van der Waals surface area contributed by atoms with Crippen LogP contribution in [-0.4, -0.2) is 43.2 Å². The molecule has 0 amide bonds. The van der Waals surface area contributed by atoms with Crippen LogP contribution in [0.25, 0.3) is 11.4 Å². The van der Waals surface area contributed by atoms with E-state index in [1.165, 1.54) is 38.4 Å². The van der Waals surface area contributed by atoms with Gasteiger partial charge < -0.3 is 9.26 Å². The fourth-order valence-electron chi connectivity index (χ4n) is 2.26. The van der Waals surface area contributed by atoms with Gasteiger partial charge in [0.25, 0.3) is 15.9 Å². The monoisotopic (exact) mass is 403 g/mol. The van der Waals surface area contributed by atoms with Crippen LogP contribution in [0, 0.1) is 0 Å². The first-order valence-corrected chi connectivity index (χ1v) is 9.54. The predicted octanol–water partition coefficient (Wildman–Crippen LogP) is 2.28. The van der Waals surface area contributed by atoms with Crippen LogP contribution in [0.4, 0.5) is 0 Å². The van der Waals surface area contributed by atoms with Gasteiger partial charge in [0.15, 0.2) is 6.61 Å². The molecule has 0 fully saturated rings. The summed E-state index contributed by atoms with van der Waals surface area (Å²) in [6, 6.07) is 14.6. The Labute approximate surface area is 161 Å². The first-order chi connectivity index (χ1) is 13.4. The fraction of sp³-hybridized carbons (Fsp3) is 0.167. The molecule has 0 aliphatic rings. The lowest BCUT2D eigenvalue weighted by Crippen LogP contribution is -2.25. The van der Waals surface area contributed by atoms with E-state index in [1.807, 2.05) is 30.3 Å². The summed E-state index contributed by atoms with van der Waals surface area (Å²) in [6.07, 6.45) is 0. The van der Waals surface area contributed by atoms with Crippen LogP contribution in [0.1, 0.15) is 16.2 Å². The third-order valence-corrected chi connectivity index (χ3v) is 5.47. The first-order valence-electron chi connectivity index (χ1n) is 8.10. The van der Waals surface area contributed by atoms with Crippen molar-refractivity contribution >= 4 is 16.0 Å². The van der Waals surface area contributed by atoms with Gasteiger partial charge in [-0.2, -0.15) is 4.98 Å². The summed E-state index contributed by atoms with van der Waals surface area (Å²) in [5, 5.41) is 3.84. The van der Waals surface area contributed by atoms with Gasteiger partial charge in [0.05, 0.1) is 17.6 Å². The highest BCUT2D eigenvalue weighted by Gasteiger charge is 2.22. The molecular formula is C18H17N3O6S. The number of carbonyl (C=O) groups excluding carboxylic acids is 1. The van der Waals surface area contributed by atoms with Crippen LogP contribution < -0.4 is 0 Å². The maximum atomic E-state index is 12.3. The van der Waals surface area contributed by atoms with E-state index in [4.69, 9.17) is 14.1 Å². The van der Waals surface area contributed by atoms with Crippen molar-refractivity contribution in [3.8, 4) is 11.4 Å². The molecule has 0 aliphatic heterocycles. The van der Waals surface area contributed by atoms with Crippen molar-refractivity contribution in [1.82, 2.24) is 14.6 Å². The number of aromatic nitrogens is 2. The highest BCUT2D eigenvalue weighted by molar-refractivity contribution is 7.89. The molecule has 0 unspecified atom stereocenters. The molecule has 146 valence electrons. The molecule has 0 atom stereocenters. The third kappa shape index (κ3) is 4.25. The van der Waals surface area contributed by atoms with E-state index >= 15 is 0 Å². The summed E-state index contributed by atoms with van der Waals surface area (Å²) in [5.74, 6) is -0.228. The molecule has 3 rings (SSSR count). The number of ether oxygens (including phenoxy) is 1. The zero-order valence-electron chi connectivity index (χ0n) is 15.1. The van der Waals surface area contributed by atoms with Gasteiger partial charge in [-0.15, -0.1) is 0 Å². The molecule has 0 aliphatic carbocycles. The van der Waals surface area contributed by atoms with Crippen LogP contribution in [0.2, 0.25) is 0 Å². The van der Waals surface area contributed by atoms with Gasteiger partial charge in [-0.05, 0) is 18.2 Å². The molecule has 9 nitrogen and oxygen atoms in total. The van der Waals surface area contributed by atoms with E-state index in [0.29, 0.717) is 10.3 Å². The summed E-state index contributed by atoms with van der Waals surface area (Å²) < 4.78 is 35.5. The molecule has 0 saturated carbocycles. The summed E-state index contributed by atoms with van der Waals surface area (Å²) in [4.78, 5) is 21.0. The van der Waals surface area contributed by atoms with E-state index in [9.17, 15) is 13.2 Å². The summed E-state index contributed by atoms with van der Waals surface area (Å²) in [5.41, 5.74) is 0.831. The lowest BCUT2D eigenvalue weighted by atomic mass is 10.2. The summed E-state index contributed by atoms with van der Waals surface area (Å²) in [7, 11) is -1.40. The molecule has 0 saturated heterocycles. The summed E-state index contributed by atoms with van der Waals surface area (Å²) >= 11 is 0. The standard InChI is InChI=1S/C18H17N3O6S/c1-21(25-2)28(23,24)15-10-6-9-14(11-15)18(22)26-12-16-19-17(20-27-16)13-7-4-3-5-8-13/h3-11H,12H2,1-2H3. The number of rotatable bonds is 7.